The van der Waals surface area contributed by atoms with Crippen molar-refractivity contribution in [2.24, 2.45) is 11.8 Å². The Morgan fingerprint density at radius 3 is 2.57 bits per heavy atom. The van der Waals surface area contributed by atoms with Crippen LogP contribution in [0.5, 0.6) is 11.5 Å². The first-order valence-corrected chi connectivity index (χ1v) is 10.7. The predicted octanol–water partition coefficient (Wildman–Crippen LogP) is 5.35. The highest BCUT2D eigenvalue weighted by atomic mass is 16.5. The Morgan fingerprint density at radius 2 is 1.87 bits per heavy atom. The molecule has 0 radical (unpaired) electrons. The van der Waals surface area contributed by atoms with Gasteiger partial charge in [-0.3, -0.25) is 9.69 Å². The first-order chi connectivity index (χ1) is 14.4. The maximum Gasteiger partial charge on any atom is 0.232 e. The van der Waals surface area contributed by atoms with Crippen LogP contribution in [0.1, 0.15) is 47.3 Å². The Labute approximate surface area is 178 Å². The number of carbonyl (C=O) groups is 1. The SMILES string of the molecule is Cc1cc(O)c(CN2CC(C)CC(C)C2)c2c1C(=O)/C(=C/C=C/c1ccccc1)O2. The molecule has 2 aromatic rings. The summed E-state index contributed by atoms with van der Waals surface area (Å²) in [6, 6.07) is 11.6. The fourth-order valence-electron chi connectivity index (χ4n) is 4.70. The Bertz CT molecular complexity index is 997. The maximum atomic E-state index is 13.0. The van der Waals surface area contributed by atoms with Gasteiger partial charge in [0.25, 0.3) is 0 Å². The van der Waals surface area contributed by atoms with E-state index in [0.29, 0.717) is 41.0 Å². The number of likely N-dealkylation sites (tertiary alicyclic amines) is 1. The first kappa shape index (κ1) is 20.4. The van der Waals surface area contributed by atoms with E-state index >= 15 is 0 Å². The lowest BCUT2D eigenvalue weighted by atomic mass is 9.91. The van der Waals surface area contributed by atoms with Crippen LogP contribution in [0.15, 0.2) is 54.3 Å². The van der Waals surface area contributed by atoms with E-state index in [9.17, 15) is 9.90 Å². The third kappa shape index (κ3) is 4.19. The first-order valence-electron chi connectivity index (χ1n) is 10.7. The van der Waals surface area contributed by atoms with Gasteiger partial charge in [0.05, 0.1) is 11.1 Å². The number of phenols is 1. The summed E-state index contributed by atoms with van der Waals surface area (Å²) >= 11 is 0. The number of hydrogen-bond donors (Lipinski definition) is 1. The van der Waals surface area contributed by atoms with Crippen LogP contribution in [0.3, 0.4) is 0 Å². The Morgan fingerprint density at radius 1 is 1.17 bits per heavy atom. The number of allylic oxidation sites excluding steroid dienone is 3. The summed E-state index contributed by atoms with van der Waals surface area (Å²) in [5, 5.41) is 10.7. The molecule has 0 aliphatic carbocycles. The van der Waals surface area contributed by atoms with Gasteiger partial charge in [-0.2, -0.15) is 0 Å². The number of fused-ring (bicyclic) bond motifs is 1. The van der Waals surface area contributed by atoms with E-state index in [0.717, 1.165) is 24.2 Å². The predicted molar refractivity (Wildman–Crippen MR) is 120 cm³/mol. The lowest BCUT2D eigenvalue weighted by Gasteiger charge is -2.35. The average molecular weight is 404 g/mol. The third-order valence-corrected chi connectivity index (χ3v) is 5.88. The summed E-state index contributed by atoms with van der Waals surface area (Å²) in [7, 11) is 0. The van der Waals surface area contributed by atoms with E-state index in [1.807, 2.05) is 49.4 Å². The monoisotopic (exact) mass is 403 g/mol. The molecule has 2 aliphatic rings. The number of Topliss-reactive ketones (excluding diaryl/α,β-unsaturated/α-hetero) is 1. The van der Waals surface area contributed by atoms with E-state index in [2.05, 4.69) is 18.7 Å². The molecule has 2 aromatic carbocycles. The second-order valence-corrected chi connectivity index (χ2v) is 8.77. The number of piperidine rings is 1. The van der Waals surface area contributed by atoms with Crippen LogP contribution >= 0.6 is 0 Å². The highest BCUT2D eigenvalue weighted by Crippen LogP contribution is 2.42. The van der Waals surface area contributed by atoms with Gasteiger partial charge in [0.1, 0.15) is 11.5 Å². The highest BCUT2D eigenvalue weighted by molar-refractivity contribution is 6.14. The second-order valence-electron chi connectivity index (χ2n) is 8.77. The summed E-state index contributed by atoms with van der Waals surface area (Å²) in [5.41, 5.74) is 3.08. The van der Waals surface area contributed by atoms with Crippen LogP contribution in [0.4, 0.5) is 0 Å². The van der Waals surface area contributed by atoms with E-state index in [-0.39, 0.29) is 11.5 Å². The van der Waals surface area contributed by atoms with Crippen molar-refractivity contribution < 1.29 is 14.6 Å². The quantitative estimate of drug-likeness (QED) is 0.699. The van der Waals surface area contributed by atoms with Gasteiger partial charge < -0.3 is 9.84 Å². The molecule has 0 spiro atoms. The van der Waals surface area contributed by atoms with Gasteiger partial charge in [-0.05, 0) is 48.4 Å². The number of phenolic OH excluding ortho intramolecular Hbond substituents is 1. The number of rotatable bonds is 4. The van der Waals surface area contributed by atoms with Crippen LogP contribution in [0.25, 0.3) is 6.08 Å². The summed E-state index contributed by atoms with van der Waals surface area (Å²) in [4.78, 5) is 15.4. The van der Waals surface area contributed by atoms with Gasteiger partial charge >= 0.3 is 0 Å². The van der Waals surface area contributed by atoms with Crippen molar-refractivity contribution in [2.45, 2.75) is 33.7 Å². The average Bonchev–Trinajstić information content (AvgIpc) is 3.02. The van der Waals surface area contributed by atoms with E-state index in [4.69, 9.17) is 4.74 Å². The highest BCUT2D eigenvalue weighted by Gasteiger charge is 2.34. The maximum absolute atomic E-state index is 13.0. The number of benzene rings is 2. The number of hydrogen-bond acceptors (Lipinski definition) is 4. The topological polar surface area (TPSA) is 49.8 Å². The molecule has 0 bridgehead atoms. The molecule has 2 unspecified atom stereocenters. The van der Waals surface area contributed by atoms with Crippen LogP contribution in [-0.4, -0.2) is 28.9 Å². The molecule has 0 saturated carbocycles. The second kappa shape index (κ2) is 8.49. The van der Waals surface area contributed by atoms with Crippen LogP contribution < -0.4 is 4.74 Å². The van der Waals surface area contributed by atoms with Crippen molar-refractivity contribution in [3.63, 3.8) is 0 Å². The van der Waals surface area contributed by atoms with E-state index in [1.54, 1.807) is 12.1 Å². The van der Waals surface area contributed by atoms with Crippen LogP contribution in [0, 0.1) is 18.8 Å². The molecular formula is C26H29NO3. The molecule has 4 heteroatoms. The standard InChI is InChI=1S/C26H29NO3/c1-17-12-18(2)15-27(14-17)16-21-22(28)13-19(3)24-25(29)23(30-26(21)24)11-7-10-20-8-5-4-6-9-20/h4-11,13,17-18,28H,12,14-16H2,1-3H3/b10-7+,23-11-. The van der Waals surface area contributed by atoms with Gasteiger partial charge in [-0.25, -0.2) is 0 Å². The minimum absolute atomic E-state index is 0.123. The number of aryl methyl sites for hydroxylation is 1. The van der Waals surface area contributed by atoms with Gasteiger partial charge in [0.2, 0.25) is 5.78 Å². The van der Waals surface area contributed by atoms with E-state index in [1.165, 1.54) is 6.42 Å². The molecule has 30 heavy (non-hydrogen) atoms. The number of nitrogens with zero attached hydrogens (tertiary/aromatic N) is 1. The van der Waals surface area contributed by atoms with Gasteiger partial charge in [-0.1, -0.05) is 56.3 Å². The lowest BCUT2D eigenvalue weighted by Crippen LogP contribution is -2.38. The molecule has 1 N–H and O–H groups in total. The van der Waals surface area contributed by atoms with Crippen LogP contribution in [0.2, 0.25) is 0 Å². The van der Waals surface area contributed by atoms with Gasteiger partial charge in [0.15, 0.2) is 5.76 Å². The number of aromatic hydroxyl groups is 1. The molecule has 0 amide bonds. The van der Waals surface area contributed by atoms with Crippen LogP contribution in [-0.2, 0) is 6.54 Å². The fraction of sp³-hybridized carbons (Fsp3) is 0.346. The zero-order valence-electron chi connectivity index (χ0n) is 17.9. The summed E-state index contributed by atoms with van der Waals surface area (Å²) in [6.45, 7) is 8.94. The summed E-state index contributed by atoms with van der Waals surface area (Å²) in [5.74, 6) is 2.13. The molecule has 2 aliphatic heterocycles. The summed E-state index contributed by atoms with van der Waals surface area (Å²) in [6.07, 6.45) is 6.70. The Balaban J connectivity index is 1.61. The van der Waals surface area contributed by atoms with Crippen molar-refractivity contribution in [3.05, 3.63) is 76.6 Å². The molecule has 1 fully saturated rings. The molecule has 4 nitrogen and oxygen atoms in total. The van der Waals surface area contributed by atoms with Gasteiger partial charge in [-0.15, -0.1) is 0 Å². The molecular weight excluding hydrogens is 374 g/mol. The largest absolute Gasteiger partial charge is 0.507 e. The number of ketones is 1. The van der Waals surface area contributed by atoms with Crippen molar-refractivity contribution >= 4 is 11.9 Å². The normalized spacial score (nSPS) is 23.2. The van der Waals surface area contributed by atoms with Crippen molar-refractivity contribution in [3.8, 4) is 11.5 Å². The number of carbonyl (C=O) groups excluding carboxylic acids is 1. The Hall–Kier alpha value is -2.85. The molecule has 0 aromatic heterocycles. The molecule has 156 valence electrons. The minimum Gasteiger partial charge on any atom is -0.507 e. The molecule has 2 atom stereocenters. The molecule has 4 rings (SSSR count). The molecule has 1 saturated heterocycles. The zero-order valence-corrected chi connectivity index (χ0v) is 17.9. The zero-order chi connectivity index (χ0) is 21.3. The third-order valence-electron chi connectivity index (χ3n) is 5.88. The number of ether oxygens (including phenoxy) is 1. The minimum atomic E-state index is -0.123. The molecule has 2 heterocycles. The lowest BCUT2D eigenvalue weighted by molar-refractivity contribution is 0.101. The Kier molecular flexibility index (Phi) is 5.78. The van der Waals surface area contributed by atoms with Gasteiger partial charge in [0, 0.05) is 19.6 Å². The van der Waals surface area contributed by atoms with Crippen molar-refractivity contribution in [1.82, 2.24) is 4.90 Å². The summed E-state index contributed by atoms with van der Waals surface area (Å²) < 4.78 is 6.02. The van der Waals surface area contributed by atoms with Crippen molar-refractivity contribution in [2.75, 3.05) is 13.1 Å². The van der Waals surface area contributed by atoms with Crippen molar-refractivity contribution in [1.29, 1.82) is 0 Å². The van der Waals surface area contributed by atoms with E-state index < -0.39 is 0 Å². The fourth-order valence-corrected chi connectivity index (χ4v) is 4.70. The smallest absolute Gasteiger partial charge is 0.232 e.